The van der Waals surface area contributed by atoms with Crippen LogP contribution in [0.1, 0.15) is 39.1 Å². The molecule has 6 heteroatoms. The van der Waals surface area contributed by atoms with Crippen molar-refractivity contribution in [3.8, 4) is 5.75 Å². The van der Waals surface area contributed by atoms with Crippen molar-refractivity contribution in [3.63, 3.8) is 0 Å². The van der Waals surface area contributed by atoms with Gasteiger partial charge in [0.2, 0.25) is 5.91 Å². The van der Waals surface area contributed by atoms with E-state index >= 15 is 0 Å². The molecule has 6 nitrogen and oxygen atoms in total. The summed E-state index contributed by atoms with van der Waals surface area (Å²) in [5.74, 6) is 0.130. The van der Waals surface area contributed by atoms with Gasteiger partial charge in [0, 0.05) is 16.9 Å². The highest BCUT2D eigenvalue weighted by molar-refractivity contribution is 6.12. The lowest BCUT2D eigenvalue weighted by molar-refractivity contribution is -0.118. The minimum Gasteiger partial charge on any atom is -0.497 e. The first-order valence-corrected chi connectivity index (χ1v) is 11.4. The van der Waals surface area contributed by atoms with Crippen LogP contribution in [0, 0.1) is 6.92 Å². The first kappa shape index (κ1) is 22.3. The fourth-order valence-corrected chi connectivity index (χ4v) is 4.65. The van der Waals surface area contributed by atoms with E-state index in [9.17, 15) is 9.59 Å². The summed E-state index contributed by atoms with van der Waals surface area (Å²) in [5, 5.41) is 2.99. The summed E-state index contributed by atoms with van der Waals surface area (Å²) in [7, 11) is 1.60. The predicted molar refractivity (Wildman–Crippen MR) is 136 cm³/mol. The van der Waals surface area contributed by atoms with Crippen LogP contribution in [0.25, 0.3) is 0 Å². The zero-order valence-corrected chi connectivity index (χ0v) is 19.5. The molecule has 2 atom stereocenters. The fraction of sp³-hybridized carbons (Fsp3) is 0.138. The summed E-state index contributed by atoms with van der Waals surface area (Å²) in [4.78, 5) is 33.9. The number of aryl methyl sites for hydroxylation is 1. The summed E-state index contributed by atoms with van der Waals surface area (Å²) >= 11 is 0. The van der Waals surface area contributed by atoms with Crippen LogP contribution in [0.15, 0.2) is 97.1 Å². The van der Waals surface area contributed by atoms with Crippen molar-refractivity contribution in [1.82, 2.24) is 4.98 Å². The normalized spacial score (nSPS) is 17.0. The SMILES string of the molecule is COc1ccc(N2C(=O)c3ccccc3[C@@H](C(=O)Nc3cccc(C)n3)[C@@H]2c2ccccc2)cc1. The number of carbonyl (C=O) groups is 2. The number of methoxy groups -OCH3 is 1. The predicted octanol–water partition coefficient (Wildman–Crippen LogP) is 5.52. The van der Waals surface area contributed by atoms with Crippen molar-refractivity contribution in [3.05, 3.63) is 119 Å². The lowest BCUT2D eigenvalue weighted by Crippen LogP contribution is -2.46. The van der Waals surface area contributed by atoms with Gasteiger partial charge in [-0.25, -0.2) is 4.98 Å². The third-order valence-corrected chi connectivity index (χ3v) is 6.25. The molecule has 0 aliphatic carbocycles. The van der Waals surface area contributed by atoms with Gasteiger partial charge in [0.25, 0.3) is 5.91 Å². The molecule has 3 aromatic carbocycles. The van der Waals surface area contributed by atoms with Crippen molar-refractivity contribution in [2.24, 2.45) is 0 Å². The van der Waals surface area contributed by atoms with Gasteiger partial charge in [-0.3, -0.25) is 14.5 Å². The molecule has 1 aromatic heterocycles. The minimum absolute atomic E-state index is 0.155. The first-order chi connectivity index (χ1) is 17.1. The summed E-state index contributed by atoms with van der Waals surface area (Å²) in [5.41, 5.74) is 3.56. The van der Waals surface area contributed by atoms with E-state index in [-0.39, 0.29) is 11.8 Å². The largest absolute Gasteiger partial charge is 0.497 e. The minimum atomic E-state index is -0.657. The van der Waals surface area contributed by atoms with Gasteiger partial charge in [-0.2, -0.15) is 0 Å². The van der Waals surface area contributed by atoms with Crippen LogP contribution in [0.4, 0.5) is 11.5 Å². The maximum atomic E-state index is 13.9. The van der Waals surface area contributed by atoms with Crippen LogP contribution in [0.3, 0.4) is 0 Å². The van der Waals surface area contributed by atoms with E-state index in [1.54, 1.807) is 24.1 Å². The molecule has 1 N–H and O–H groups in total. The number of ether oxygens (including phenoxy) is 1. The van der Waals surface area contributed by atoms with Crippen molar-refractivity contribution >= 4 is 23.3 Å². The second-order valence-electron chi connectivity index (χ2n) is 8.45. The molecule has 1 aliphatic heterocycles. The van der Waals surface area contributed by atoms with E-state index in [1.807, 2.05) is 91.9 Å². The Bertz CT molecular complexity index is 1370. The molecule has 0 saturated heterocycles. The van der Waals surface area contributed by atoms with Crippen molar-refractivity contribution in [1.29, 1.82) is 0 Å². The van der Waals surface area contributed by atoms with Crippen LogP contribution in [0.5, 0.6) is 5.75 Å². The van der Waals surface area contributed by atoms with Gasteiger partial charge in [0.15, 0.2) is 0 Å². The molecule has 4 aromatic rings. The number of hydrogen-bond donors (Lipinski definition) is 1. The summed E-state index contributed by atoms with van der Waals surface area (Å²) in [6.07, 6.45) is 0. The number of amides is 2. The van der Waals surface area contributed by atoms with E-state index in [0.29, 0.717) is 28.4 Å². The zero-order valence-electron chi connectivity index (χ0n) is 19.5. The Morgan fingerprint density at radius 3 is 2.31 bits per heavy atom. The number of hydrogen-bond acceptors (Lipinski definition) is 4. The van der Waals surface area contributed by atoms with Gasteiger partial charge < -0.3 is 10.1 Å². The average Bonchev–Trinajstić information content (AvgIpc) is 2.89. The Morgan fingerprint density at radius 1 is 0.886 bits per heavy atom. The highest BCUT2D eigenvalue weighted by atomic mass is 16.5. The van der Waals surface area contributed by atoms with Crippen LogP contribution in [0.2, 0.25) is 0 Å². The molecule has 35 heavy (non-hydrogen) atoms. The van der Waals surface area contributed by atoms with Gasteiger partial charge in [-0.1, -0.05) is 54.6 Å². The molecule has 0 bridgehead atoms. The van der Waals surface area contributed by atoms with Gasteiger partial charge in [-0.05, 0) is 60.5 Å². The number of fused-ring (bicyclic) bond motifs is 1. The van der Waals surface area contributed by atoms with Crippen LogP contribution < -0.4 is 15.0 Å². The molecule has 0 radical (unpaired) electrons. The molecule has 2 amide bonds. The van der Waals surface area contributed by atoms with E-state index in [4.69, 9.17) is 4.74 Å². The maximum Gasteiger partial charge on any atom is 0.259 e. The standard InChI is InChI=1S/C29H25N3O3/c1-19-9-8-14-25(30-19)31-28(33)26-23-12-6-7-13-24(23)29(34)32(21-15-17-22(35-2)18-16-21)27(26)20-10-4-3-5-11-20/h3-18,26-27H,1-2H3,(H,30,31,33)/t26-,27+/m1/s1. The molecule has 0 spiro atoms. The Hall–Kier alpha value is -4.45. The summed E-state index contributed by atoms with van der Waals surface area (Å²) < 4.78 is 5.31. The number of benzene rings is 3. The number of pyridine rings is 1. The molecule has 0 saturated carbocycles. The van der Waals surface area contributed by atoms with E-state index in [1.165, 1.54) is 0 Å². The Kier molecular flexibility index (Phi) is 6.02. The van der Waals surface area contributed by atoms with Gasteiger partial charge >= 0.3 is 0 Å². The average molecular weight is 464 g/mol. The quantitative estimate of drug-likeness (QED) is 0.423. The summed E-state index contributed by atoms with van der Waals surface area (Å²) in [6, 6.07) is 29.3. The third kappa shape index (κ3) is 4.26. The van der Waals surface area contributed by atoms with E-state index in [2.05, 4.69) is 10.3 Å². The Morgan fingerprint density at radius 2 is 1.60 bits per heavy atom. The molecular formula is C29H25N3O3. The van der Waals surface area contributed by atoms with Crippen molar-refractivity contribution in [2.45, 2.75) is 18.9 Å². The van der Waals surface area contributed by atoms with Crippen molar-refractivity contribution < 1.29 is 14.3 Å². The number of anilines is 2. The number of rotatable bonds is 5. The number of nitrogens with zero attached hydrogens (tertiary/aromatic N) is 2. The highest BCUT2D eigenvalue weighted by Crippen LogP contribution is 2.45. The van der Waals surface area contributed by atoms with Gasteiger partial charge in [0.05, 0.1) is 19.1 Å². The van der Waals surface area contributed by atoms with E-state index in [0.717, 1.165) is 11.3 Å². The summed E-state index contributed by atoms with van der Waals surface area (Å²) in [6.45, 7) is 1.88. The number of nitrogens with one attached hydrogen (secondary N) is 1. The van der Waals surface area contributed by atoms with Gasteiger partial charge in [0.1, 0.15) is 11.6 Å². The molecule has 5 rings (SSSR count). The van der Waals surface area contributed by atoms with Crippen LogP contribution >= 0.6 is 0 Å². The second kappa shape index (κ2) is 9.43. The molecular weight excluding hydrogens is 438 g/mol. The Balaban J connectivity index is 1.67. The number of carbonyl (C=O) groups excluding carboxylic acids is 2. The lowest BCUT2D eigenvalue weighted by Gasteiger charge is -2.41. The second-order valence-corrected chi connectivity index (χ2v) is 8.45. The first-order valence-electron chi connectivity index (χ1n) is 11.4. The monoisotopic (exact) mass is 463 g/mol. The molecule has 0 unspecified atom stereocenters. The van der Waals surface area contributed by atoms with Crippen LogP contribution in [-0.2, 0) is 4.79 Å². The van der Waals surface area contributed by atoms with E-state index < -0.39 is 12.0 Å². The fourth-order valence-electron chi connectivity index (χ4n) is 4.65. The van der Waals surface area contributed by atoms with Crippen LogP contribution in [-0.4, -0.2) is 23.9 Å². The smallest absolute Gasteiger partial charge is 0.259 e. The maximum absolute atomic E-state index is 13.9. The molecule has 174 valence electrons. The molecule has 2 heterocycles. The van der Waals surface area contributed by atoms with Crippen molar-refractivity contribution in [2.75, 3.05) is 17.3 Å². The molecule has 0 fully saturated rings. The zero-order chi connectivity index (χ0) is 24.4. The Labute approximate surface area is 204 Å². The number of aromatic nitrogens is 1. The lowest BCUT2D eigenvalue weighted by atomic mass is 9.79. The van der Waals surface area contributed by atoms with Gasteiger partial charge in [-0.15, -0.1) is 0 Å². The molecule has 1 aliphatic rings. The highest BCUT2D eigenvalue weighted by Gasteiger charge is 2.44. The topological polar surface area (TPSA) is 71.5 Å². The third-order valence-electron chi connectivity index (χ3n) is 6.25.